The molecule has 0 spiro atoms. The number of nitrogens with one attached hydrogen (secondary N) is 1. The van der Waals surface area contributed by atoms with Crippen molar-refractivity contribution >= 4 is 66.5 Å². The van der Waals surface area contributed by atoms with Crippen LogP contribution in [0, 0.1) is 0 Å². The molecule has 2 aromatic carbocycles. The van der Waals surface area contributed by atoms with Gasteiger partial charge in [-0.1, -0.05) is 41.9 Å². The summed E-state index contributed by atoms with van der Waals surface area (Å²) in [5.41, 5.74) is 0.876. The number of carbonyl (C=O) groups is 2. The van der Waals surface area contributed by atoms with E-state index in [0.717, 1.165) is 20.3 Å². The van der Waals surface area contributed by atoms with Crippen LogP contribution in [0.15, 0.2) is 48.5 Å². The van der Waals surface area contributed by atoms with Crippen molar-refractivity contribution in [2.45, 2.75) is 6.61 Å². The number of aromatic nitrogens is 1. The van der Waals surface area contributed by atoms with Crippen LogP contribution >= 0.6 is 34.3 Å². The number of ether oxygens (including phenoxy) is 1. The van der Waals surface area contributed by atoms with Gasteiger partial charge < -0.3 is 10.1 Å². The third kappa shape index (κ3) is 3.80. The van der Waals surface area contributed by atoms with E-state index in [-0.39, 0.29) is 13.2 Å². The first-order chi connectivity index (χ1) is 13.1. The molecule has 1 N–H and O–H groups in total. The molecule has 0 saturated carbocycles. The lowest BCUT2D eigenvalue weighted by molar-refractivity contribution is -0.143. The summed E-state index contributed by atoms with van der Waals surface area (Å²) >= 11 is 9.04. The van der Waals surface area contributed by atoms with Crippen molar-refractivity contribution < 1.29 is 14.3 Å². The number of nitrogens with zero attached hydrogens (tertiary/aromatic N) is 1. The normalized spacial score (nSPS) is 11.0. The van der Waals surface area contributed by atoms with Gasteiger partial charge in [0.1, 0.15) is 23.0 Å². The monoisotopic (exact) mass is 416 g/mol. The van der Waals surface area contributed by atoms with Gasteiger partial charge in [0.2, 0.25) is 0 Å². The topological polar surface area (TPSA) is 68.3 Å². The van der Waals surface area contributed by atoms with Crippen molar-refractivity contribution in [1.29, 1.82) is 0 Å². The van der Waals surface area contributed by atoms with E-state index in [2.05, 4.69) is 10.3 Å². The number of halogens is 1. The Morgan fingerprint density at radius 3 is 2.56 bits per heavy atom. The predicted molar refractivity (Wildman–Crippen MR) is 109 cm³/mol. The van der Waals surface area contributed by atoms with E-state index in [0.29, 0.717) is 14.9 Å². The van der Waals surface area contributed by atoms with Crippen molar-refractivity contribution in [1.82, 2.24) is 10.3 Å². The van der Waals surface area contributed by atoms with Crippen molar-refractivity contribution in [3.05, 3.63) is 63.4 Å². The number of carbonyl (C=O) groups excluding carboxylic acids is 2. The smallest absolute Gasteiger partial charge is 0.325 e. The molecule has 0 bridgehead atoms. The second kappa shape index (κ2) is 7.64. The van der Waals surface area contributed by atoms with Crippen LogP contribution in [0.25, 0.3) is 20.3 Å². The summed E-state index contributed by atoms with van der Waals surface area (Å²) in [6, 6.07) is 15.2. The summed E-state index contributed by atoms with van der Waals surface area (Å²) < 4.78 is 7.16. The fourth-order valence-corrected chi connectivity index (χ4v) is 4.88. The van der Waals surface area contributed by atoms with Crippen molar-refractivity contribution in [2.24, 2.45) is 0 Å². The zero-order valence-electron chi connectivity index (χ0n) is 13.9. The number of esters is 1. The minimum absolute atomic E-state index is 0.0810. The van der Waals surface area contributed by atoms with E-state index in [1.807, 2.05) is 48.5 Å². The Morgan fingerprint density at radius 2 is 1.78 bits per heavy atom. The van der Waals surface area contributed by atoms with E-state index < -0.39 is 11.9 Å². The summed E-state index contributed by atoms with van der Waals surface area (Å²) in [5.74, 6) is -0.919. The van der Waals surface area contributed by atoms with Gasteiger partial charge in [0, 0.05) is 10.1 Å². The third-order valence-electron chi connectivity index (χ3n) is 3.83. The molecular weight excluding hydrogens is 404 g/mol. The van der Waals surface area contributed by atoms with Crippen LogP contribution in [0.2, 0.25) is 5.02 Å². The highest BCUT2D eigenvalue weighted by molar-refractivity contribution is 7.21. The number of fused-ring (bicyclic) bond motifs is 2. The zero-order valence-corrected chi connectivity index (χ0v) is 16.3. The van der Waals surface area contributed by atoms with Crippen LogP contribution in [0.5, 0.6) is 0 Å². The molecule has 2 aromatic heterocycles. The van der Waals surface area contributed by atoms with Crippen LogP contribution in [-0.4, -0.2) is 23.4 Å². The van der Waals surface area contributed by atoms with Gasteiger partial charge in [-0.2, -0.15) is 0 Å². The fraction of sp³-hybridized carbons (Fsp3) is 0.105. The SMILES string of the molecule is O=C(CNC(=O)c1sc2ccccc2c1Cl)OCc1nc2ccccc2s1. The molecule has 0 saturated heterocycles. The zero-order chi connectivity index (χ0) is 18.8. The first kappa shape index (κ1) is 17.9. The lowest BCUT2D eigenvalue weighted by Gasteiger charge is -2.04. The Hall–Kier alpha value is -2.48. The number of rotatable bonds is 5. The van der Waals surface area contributed by atoms with E-state index in [9.17, 15) is 9.59 Å². The van der Waals surface area contributed by atoms with Crippen molar-refractivity contribution in [2.75, 3.05) is 6.54 Å². The quantitative estimate of drug-likeness (QED) is 0.481. The molecule has 8 heteroatoms. The summed E-state index contributed by atoms with van der Waals surface area (Å²) in [5, 5.41) is 4.50. The maximum absolute atomic E-state index is 12.3. The number of hydrogen-bond acceptors (Lipinski definition) is 6. The van der Waals surface area contributed by atoms with E-state index in [4.69, 9.17) is 16.3 Å². The molecule has 136 valence electrons. The van der Waals surface area contributed by atoms with E-state index >= 15 is 0 Å². The Balaban J connectivity index is 1.34. The highest BCUT2D eigenvalue weighted by Gasteiger charge is 2.18. The highest BCUT2D eigenvalue weighted by Crippen LogP contribution is 2.34. The summed E-state index contributed by atoms with van der Waals surface area (Å²) in [7, 11) is 0. The van der Waals surface area contributed by atoms with Gasteiger partial charge in [-0.25, -0.2) is 4.98 Å². The lowest BCUT2D eigenvalue weighted by Crippen LogP contribution is -2.30. The van der Waals surface area contributed by atoms with E-state index in [1.165, 1.54) is 22.7 Å². The largest absolute Gasteiger partial charge is 0.457 e. The standard InChI is InChI=1S/C19H13ClN2O3S2/c20-17-11-5-1-3-7-13(11)27-18(17)19(24)21-9-16(23)25-10-15-22-12-6-2-4-8-14(12)26-15/h1-8H,9-10H2,(H,21,24). The maximum atomic E-state index is 12.3. The van der Waals surface area contributed by atoms with Crippen LogP contribution in [0.1, 0.15) is 14.7 Å². The molecule has 4 aromatic rings. The number of para-hydroxylation sites is 1. The molecule has 0 fully saturated rings. The molecular formula is C19H13ClN2O3S2. The minimum atomic E-state index is -0.528. The van der Waals surface area contributed by atoms with Gasteiger partial charge in [-0.3, -0.25) is 9.59 Å². The number of amides is 1. The van der Waals surface area contributed by atoms with Crippen LogP contribution < -0.4 is 5.32 Å². The molecule has 0 aliphatic rings. The number of thiazole rings is 1. The Kier molecular flexibility index (Phi) is 5.07. The minimum Gasteiger partial charge on any atom is -0.457 e. The third-order valence-corrected chi connectivity index (χ3v) is 6.51. The second-order valence-corrected chi connectivity index (χ2v) is 8.21. The van der Waals surface area contributed by atoms with Gasteiger partial charge in [0.25, 0.3) is 5.91 Å². The van der Waals surface area contributed by atoms with Crippen molar-refractivity contribution in [3.8, 4) is 0 Å². The Labute approximate surface area is 167 Å². The number of hydrogen-bond donors (Lipinski definition) is 1. The molecule has 4 rings (SSSR count). The lowest BCUT2D eigenvalue weighted by atomic mass is 10.2. The molecule has 5 nitrogen and oxygen atoms in total. The van der Waals surface area contributed by atoms with Crippen LogP contribution in [0.3, 0.4) is 0 Å². The fourth-order valence-electron chi connectivity index (χ4n) is 2.57. The first-order valence-corrected chi connectivity index (χ1v) is 10.1. The molecule has 27 heavy (non-hydrogen) atoms. The first-order valence-electron chi connectivity index (χ1n) is 8.07. The van der Waals surface area contributed by atoms with Gasteiger partial charge in [-0.05, 0) is 18.2 Å². The maximum Gasteiger partial charge on any atom is 0.325 e. The molecule has 0 unspecified atom stereocenters. The number of benzene rings is 2. The van der Waals surface area contributed by atoms with Gasteiger partial charge >= 0.3 is 5.97 Å². The summed E-state index contributed by atoms with van der Waals surface area (Å²) in [6.45, 7) is -0.147. The molecule has 2 heterocycles. The van der Waals surface area contributed by atoms with Gasteiger partial charge in [0.05, 0.1) is 15.2 Å². The van der Waals surface area contributed by atoms with Crippen LogP contribution in [0.4, 0.5) is 0 Å². The van der Waals surface area contributed by atoms with E-state index in [1.54, 1.807) is 0 Å². The van der Waals surface area contributed by atoms with Gasteiger partial charge in [0.15, 0.2) is 0 Å². The molecule has 0 atom stereocenters. The number of thiophene rings is 1. The molecule has 1 amide bonds. The summed E-state index contributed by atoms with van der Waals surface area (Å²) in [6.07, 6.45) is 0. The average molecular weight is 417 g/mol. The molecule has 0 aliphatic heterocycles. The molecule has 0 radical (unpaired) electrons. The van der Waals surface area contributed by atoms with Gasteiger partial charge in [-0.15, -0.1) is 22.7 Å². The summed E-state index contributed by atoms with van der Waals surface area (Å²) in [4.78, 5) is 29.1. The molecule has 0 aliphatic carbocycles. The average Bonchev–Trinajstić information content (AvgIpc) is 3.25. The van der Waals surface area contributed by atoms with Crippen molar-refractivity contribution in [3.63, 3.8) is 0 Å². The Bertz CT molecular complexity index is 1120. The van der Waals surface area contributed by atoms with Crippen LogP contribution in [-0.2, 0) is 16.1 Å². The second-order valence-electron chi connectivity index (χ2n) is 5.66. The Morgan fingerprint density at radius 1 is 1.04 bits per heavy atom. The predicted octanol–water partition coefficient (Wildman–Crippen LogP) is 4.64. The highest BCUT2D eigenvalue weighted by atomic mass is 35.5.